The van der Waals surface area contributed by atoms with Gasteiger partial charge in [-0.25, -0.2) is 4.39 Å². The molecule has 0 saturated carbocycles. The van der Waals surface area contributed by atoms with Gasteiger partial charge in [0.05, 0.1) is 13.0 Å². The van der Waals surface area contributed by atoms with Gasteiger partial charge >= 0.3 is 5.97 Å². The minimum Gasteiger partial charge on any atom is -0.493 e. The van der Waals surface area contributed by atoms with Crippen LogP contribution in [0.1, 0.15) is 17.5 Å². The van der Waals surface area contributed by atoms with Gasteiger partial charge in [-0.1, -0.05) is 29.8 Å². The van der Waals surface area contributed by atoms with Crippen molar-refractivity contribution in [3.8, 4) is 5.75 Å². The molecule has 0 aliphatic heterocycles. The van der Waals surface area contributed by atoms with Crippen LogP contribution in [0.5, 0.6) is 5.75 Å². The monoisotopic (exact) mass is 288 g/mol. The largest absolute Gasteiger partial charge is 0.493 e. The summed E-state index contributed by atoms with van der Waals surface area (Å²) in [6.45, 7) is 2.41. The lowest BCUT2D eigenvalue weighted by atomic mass is 10.2. The lowest BCUT2D eigenvalue weighted by Gasteiger charge is -2.07. The van der Waals surface area contributed by atoms with Crippen LogP contribution >= 0.6 is 0 Å². The second-order valence-corrected chi connectivity index (χ2v) is 4.70. The first kappa shape index (κ1) is 15.0. The summed E-state index contributed by atoms with van der Waals surface area (Å²) in [5, 5.41) is 0. The maximum absolute atomic E-state index is 12.7. The first-order chi connectivity index (χ1) is 10.1. The lowest BCUT2D eigenvalue weighted by Crippen LogP contribution is -2.10. The molecule has 0 atom stereocenters. The summed E-state index contributed by atoms with van der Waals surface area (Å²) in [5.74, 6) is 0.0787. The summed E-state index contributed by atoms with van der Waals surface area (Å²) < 4.78 is 23.2. The molecule has 2 rings (SSSR count). The Labute approximate surface area is 123 Å². The maximum Gasteiger partial charge on any atom is 0.309 e. The third kappa shape index (κ3) is 5.26. The number of hydrogen-bond donors (Lipinski definition) is 0. The standard InChI is InChI=1S/C17H17FO3/c1-13-2-8-16(9-3-13)20-11-10-17(19)21-12-14-4-6-15(18)7-5-14/h2-9H,10-12H2,1H3. The van der Waals surface area contributed by atoms with E-state index in [4.69, 9.17) is 9.47 Å². The van der Waals surface area contributed by atoms with Crippen molar-refractivity contribution in [1.82, 2.24) is 0 Å². The molecule has 0 fully saturated rings. The molecule has 0 aliphatic carbocycles. The first-order valence-corrected chi connectivity index (χ1v) is 6.73. The summed E-state index contributed by atoms with van der Waals surface area (Å²) in [4.78, 5) is 11.6. The van der Waals surface area contributed by atoms with E-state index in [0.717, 1.165) is 16.9 Å². The van der Waals surface area contributed by atoms with E-state index < -0.39 is 0 Å². The molecule has 0 bridgehead atoms. The van der Waals surface area contributed by atoms with Gasteiger partial charge in [-0.05, 0) is 36.8 Å². The minimum absolute atomic E-state index is 0.143. The summed E-state index contributed by atoms with van der Waals surface area (Å²) in [6, 6.07) is 13.5. The number of carbonyl (C=O) groups excluding carboxylic acids is 1. The van der Waals surface area contributed by atoms with Crippen LogP contribution in [0.4, 0.5) is 4.39 Å². The Balaban J connectivity index is 1.67. The Morgan fingerprint density at radius 3 is 2.38 bits per heavy atom. The molecule has 3 nitrogen and oxygen atoms in total. The van der Waals surface area contributed by atoms with E-state index in [1.54, 1.807) is 12.1 Å². The number of aryl methyl sites for hydroxylation is 1. The van der Waals surface area contributed by atoms with Crippen molar-refractivity contribution < 1.29 is 18.7 Å². The zero-order valence-corrected chi connectivity index (χ0v) is 11.8. The van der Waals surface area contributed by atoms with Gasteiger partial charge in [0.25, 0.3) is 0 Å². The molecule has 0 radical (unpaired) electrons. The van der Waals surface area contributed by atoms with Crippen LogP contribution in [-0.2, 0) is 16.1 Å². The fourth-order valence-corrected chi connectivity index (χ4v) is 1.70. The van der Waals surface area contributed by atoms with Gasteiger partial charge in [0.2, 0.25) is 0 Å². The average Bonchev–Trinajstić information content (AvgIpc) is 2.49. The van der Waals surface area contributed by atoms with E-state index in [9.17, 15) is 9.18 Å². The van der Waals surface area contributed by atoms with Gasteiger partial charge in [-0.15, -0.1) is 0 Å². The van der Waals surface area contributed by atoms with Gasteiger partial charge in [0.15, 0.2) is 0 Å². The van der Waals surface area contributed by atoms with Crippen molar-refractivity contribution in [3.63, 3.8) is 0 Å². The number of carbonyl (C=O) groups is 1. The Bertz CT molecular complexity index is 576. The third-order valence-corrected chi connectivity index (χ3v) is 2.91. The number of ether oxygens (including phenoxy) is 2. The minimum atomic E-state index is -0.341. The van der Waals surface area contributed by atoms with E-state index >= 15 is 0 Å². The van der Waals surface area contributed by atoms with E-state index in [-0.39, 0.29) is 31.4 Å². The molecular formula is C17H17FO3. The van der Waals surface area contributed by atoms with Crippen LogP contribution in [0, 0.1) is 12.7 Å². The molecule has 0 saturated heterocycles. The summed E-state index contributed by atoms with van der Waals surface area (Å²) in [5.41, 5.74) is 1.91. The zero-order chi connectivity index (χ0) is 15.1. The number of benzene rings is 2. The van der Waals surface area contributed by atoms with Crippen LogP contribution in [0.3, 0.4) is 0 Å². The molecule has 2 aromatic carbocycles. The van der Waals surface area contributed by atoms with Gasteiger partial charge in [-0.2, -0.15) is 0 Å². The number of rotatable bonds is 6. The summed E-state index contributed by atoms with van der Waals surface area (Å²) in [7, 11) is 0. The highest BCUT2D eigenvalue weighted by Crippen LogP contribution is 2.11. The zero-order valence-electron chi connectivity index (χ0n) is 11.8. The van der Waals surface area contributed by atoms with Crippen LogP contribution in [-0.4, -0.2) is 12.6 Å². The molecule has 0 amide bonds. The van der Waals surface area contributed by atoms with Crippen LogP contribution < -0.4 is 4.74 Å². The smallest absolute Gasteiger partial charge is 0.309 e. The number of hydrogen-bond acceptors (Lipinski definition) is 3. The Morgan fingerprint density at radius 2 is 1.71 bits per heavy atom. The second-order valence-electron chi connectivity index (χ2n) is 4.70. The summed E-state index contributed by atoms with van der Waals surface area (Å²) >= 11 is 0. The lowest BCUT2D eigenvalue weighted by molar-refractivity contribution is -0.145. The molecule has 0 unspecified atom stereocenters. The normalized spacial score (nSPS) is 10.2. The molecule has 0 N–H and O–H groups in total. The maximum atomic E-state index is 12.7. The molecule has 21 heavy (non-hydrogen) atoms. The van der Waals surface area contributed by atoms with Crippen molar-refractivity contribution >= 4 is 5.97 Å². The molecule has 0 aromatic heterocycles. The topological polar surface area (TPSA) is 35.5 Å². The van der Waals surface area contributed by atoms with E-state index in [2.05, 4.69) is 0 Å². The van der Waals surface area contributed by atoms with E-state index in [0.29, 0.717) is 0 Å². The van der Waals surface area contributed by atoms with Crippen molar-refractivity contribution in [3.05, 3.63) is 65.5 Å². The van der Waals surface area contributed by atoms with Crippen LogP contribution in [0.2, 0.25) is 0 Å². The van der Waals surface area contributed by atoms with Gasteiger partial charge in [0, 0.05) is 0 Å². The van der Waals surface area contributed by atoms with E-state index in [1.807, 2.05) is 31.2 Å². The molecule has 0 spiro atoms. The molecule has 0 heterocycles. The van der Waals surface area contributed by atoms with Crippen LogP contribution in [0.15, 0.2) is 48.5 Å². The van der Waals surface area contributed by atoms with Gasteiger partial charge < -0.3 is 9.47 Å². The van der Waals surface area contributed by atoms with Gasteiger partial charge in [0.1, 0.15) is 18.2 Å². The SMILES string of the molecule is Cc1ccc(OCCC(=O)OCc2ccc(F)cc2)cc1. The predicted molar refractivity (Wildman–Crippen MR) is 77.5 cm³/mol. The fourth-order valence-electron chi connectivity index (χ4n) is 1.70. The highest BCUT2D eigenvalue weighted by atomic mass is 19.1. The highest BCUT2D eigenvalue weighted by molar-refractivity contribution is 5.69. The number of halogens is 1. The Hall–Kier alpha value is -2.36. The highest BCUT2D eigenvalue weighted by Gasteiger charge is 2.04. The molecule has 2 aromatic rings. The van der Waals surface area contributed by atoms with Crippen molar-refractivity contribution in [1.29, 1.82) is 0 Å². The molecule has 110 valence electrons. The first-order valence-electron chi connectivity index (χ1n) is 6.73. The predicted octanol–water partition coefficient (Wildman–Crippen LogP) is 3.65. The Morgan fingerprint density at radius 1 is 1.05 bits per heavy atom. The summed E-state index contributed by atoms with van der Waals surface area (Å²) in [6.07, 6.45) is 0.176. The quantitative estimate of drug-likeness (QED) is 0.761. The fraction of sp³-hybridized carbons (Fsp3) is 0.235. The van der Waals surface area contributed by atoms with Crippen molar-refractivity contribution in [2.45, 2.75) is 20.0 Å². The van der Waals surface area contributed by atoms with Gasteiger partial charge in [-0.3, -0.25) is 4.79 Å². The third-order valence-electron chi connectivity index (χ3n) is 2.91. The van der Waals surface area contributed by atoms with E-state index in [1.165, 1.54) is 12.1 Å². The number of esters is 1. The van der Waals surface area contributed by atoms with Crippen molar-refractivity contribution in [2.75, 3.05) is 6.61 Å². The second kappa shape index (κ2) is 7.43. The molecular weight excluding hydrogens is 271 g/mol. The molecule has 4 heteroatoms. The molecule has 0 aliphatic rings. The van der Waals surface area contributed by atoms with Crippen LogP contribution in [0.25, 0.3) is 0 Å². The Kier molecular flexibility index (Phi) is 5.32. The van der Waals surface area contributed by atoms with Crippen molar-refractivity contribution in [2.24, 2.45) is 0 Å². The average molecular weight is 288 g/mol.